The zero-order valence-corrected chi connectivity index (χ0v) is 5.57. The number of aliphatic hydroxyl groups excluding tert-OH is 1. The molecule has 0 bridgehead atoms. The first-order chi connectivity index (χ1) is 5.25. The molecule has 1 aromatic heterocycles. The number of rotatable bonds is 2. The van der Waals surface area contributed by atoms with Crippen molar-refractivity contribution in [2.75, 3.05) is 6.61 Å². The molecule has 1 rings (SSSR count). The lowest BCUT2D eigenvalue weighted by Crippen LogP contribution is -2.37. The fourth-order valence-electron chi connectivity index (χ4n) is 0.603. The number of aromatic nitrogens is 3. The lowest BCUT2D eigenvalue weighted by Gasteiger charge is -1.96. The van der Waals surface area contributed by atoms with Gasteiger partial charge >= 0.3 is 11.1 Å². The van der Waals surface area contributed by atoms with Gasteiger partial charge in [0.15, 0.2) is 0 Å². The van der Waals surface area contributed by atoms with Crippen LogP contribution in [0.2, 0.25) is 0 Å². The topological polar surface area (TPSA) is 88.0 Å². The molecular weight excluding hydrogens is 150 g/mol. The normalized spacial score (nSPS) is 9.91. The maximum atomic E-state index is 10.8. The smallest absolute Gasteiger partial charge is 0.330 e. The largest absolute Gasteiger partial charge is 0.395 e. The number of aliphatic hydroxyl groups is 1. The Morgan fingerprint density at radius 1 is 1.64 bits per heavy atom. The van der Waals surface area contributed by atoms with E-state index >= 15 is 0 Å². The number of H-pyrrole nitrogens is 1. The van der Waals surface area contributed by atoms with Gasteiger partial charge in [0.2, 0.25) is 6.33 Å². The van der Waals surface area contributed by atoms with Crippen LogP contribution in [0.4, 0.5) is 0 Å². The first-order valence-corrected chi connectivity index (χ1v) is 2.94. The van der Waals surface area contributed by atoms with Crippen LogP contribution in [0.15, 0.2) is 9.59 Å². The summed E-state index contributed by atoms with van der Waals surface area (Å²) in [5.74, 6) is 0. The minimum absolute atomic E-state index is 0.0375. The van der Waals surface area contributed by atoms with Crippen molar-refractivity contribution in [3.05, 3.63) is 27.0 Å². The van der Waals surface area contributed by atoms with Crippen LogP contribution in [0.5, 0.6) is 0 Å². The van der Waals surface area contributed by atoms with E-state index in [1.807, 2.05) is 5.10 Å². The number of nitrogens with one attached hydrogen (secondary N) is 1. The predicted molar refractivity (Wildman–Crippen MR) is 35.0 cm³/mol. The number of hydrogen-bond acceptors (Lipinski definition) is 4. The monoisotopic (exact) mass is 156 g/mol. The molecule has 0 saturated carbocycles. The molecule has 1 radical (unpaired) electrons. The van der Waals surface area contributed by atoms with E-state index in [9.17, 15) is 9.59 Å². The van der Waals surface area contributed by atoms with Crippen LogP contribution in [0, 0.1) is 6.33 Å². The molecule has 0 aliphatic rings. The molecule has 2 N–H and O–H groups in total. The highest BCUT2D eigenvalue weighted by atomic mass is 16.3. The molecule has 11 heavy (non-hydrogen) atoms. The zero-order chi connectivity index (χ0) is 8.27. The molecule has 0 saturated heterocycles. The van der Waals surface area contributed by atoms with Crippen LogP contribution in [-0.2, 0) is 6.54 Å². The van der Waals surface area contributed by atoms with Crippen molar-refractivity contribution < 1.29 is 5.11 Å². The first kappa shape index (κ1) is 7.67. The second kappa shape index (κ2) is 3.11. The van der Waals surface area contributed by atoms with E-state index in [1.165, 1.54) is 0 Å². The Kier molecular flexibility index (Phi) is 2.17. The van der Waals surface area contributed by atoms with Crippen LogP contribution in [0.3, 0.4) is 0 Å². The van der Waals surface area contributed by atoms with Gasteiger partial charge < -0.3 is 5.11 Å². The molecule has 0 aliphatic carbocycles. The molecule has 0 fully saturated rings. The van der Waals surface area contributed by atoms with Crippen molar-refractivity contribution in [1.29, 1.82) is 0 Å². The molecule has 6 heteroatoms. The quantitative estimate of drug-likeness (QED) is 0.472. The Morgan fingerprint density at radius 2 is 2.36 bits per heavy atom. The van der Waals surface area contributed by atoms with E-state index in [1.54, 1.807) is 0 Å². The fourth-order valence-corrected chi connectivity index (χ4v) is 0.603. The second-order valence-electron chi connectivity index (χ2n) is 1.83. The van der Waals surface area contributed by atoms with E-state index < -0.39 is 11.1 Å². The fraction of sp³-hybridized carbons (Fsp3) is 0.400. The van der Waals surface area contributed by atoms with Crippen LogP contribution >= 0.6 is 0 Å². The van der Waals surface area contributed by atoms with Gasteiger partial charge in [0.05, 0.1) is 13.2 Å². The summed E-state index contributed by atoms with van der Waals surface area (Å²) in [4.78, 5) is 21.4. The maximum absolute atomic E-state index is 10.8. The molecule has 0 unspecified atom stereocenters. The zero-order valence-electron chi connectivity index (χ0n) is 5.57. The van der Waals surface area contributed by atoms with E-state index in [4.69, 9.17) is 5.11 Å². The van der Waals surface area contributed by atoms with E-state index in [0.717, 1.165) is 4.57 Å². The summed E-state index contributed by atoms with van der Waals surface area (Å²) in [6.45, 7) is -0.183. The average Bonchev–Trinajstić information content (AvgIpc) is 1.99. The molecule has 1 heterocycles. The highest BCUT2D eigenvalue weighted by Crippen LogP contribution is 1.68. The Bertz CT molecular complexity index is 339. The van der Waals surface area contributed by atoms with Crippen molar-refractivity contribution >= 4 is 0 Å². The molecule has 0 aromatic carbocycles. The average molecular weight is 156 g/mol. The van der Waals surface area contributed by atoms with E-state index in [-0.39, 0.29) is 13.2 Å². The third kappa shape index (κ3) is 1.53. The Balaban J connectivity index is 3.18. The van der Waals surface area contributed by atoms with Gasteiger partial charge in [0, 0.05) is 0 Å². The highest BCUT2D eigenvalue weighted by Gasteiger charge is 1.98. The van der Waals surface area contributed by atoms with Gasteiger partial charge in [-0.2, -0.15) is 5.10 Å². The van der Waals surface area contributed by atoms with Gasteiger partial charge in [-0.25, -0.2) is 5.10 Å². The van der Waals surface area contributed by atoms with Crippen LogP contribution in [-0.4, -0.2) is 26.5 Å². The minimum atomic E-state index is -0.808. The molecule has 1 aromatic rings. The summed E-state index contributed by atoms with van der Waals surface area (Å²) >= 11 is 0. The molecule has 0 atom stereocenters. The molecule has 0 aliphatic heterocycles. The van der Waals surface area contributed by atoms with E-state index in [0.29, 0.717) is 0 Å². The van der Waals surface area contributed by atoms with E-state index in [2.05, 4.69) is 11.4 Å². The summed E-state index contributed by atoms with van der Waals surface area (Å²) in [6.07, 6.45) is 2.22. The SMILES string of the molecule is O=c1[nH]n[c]n(CCO)c1=O. The van der Waals surface area contributed by atoms with Crippen molar-refractivity contribution in [1.82, 2.24) is 14.8 Å². The van der Waals surface area contributed by atoms with Gasteiger partial charge in [-0.05, 0) is 0 Å². The molecule has 6 nitrogen and oxygen atoms in total. The van der Waals surface area contributed by atoms with Crippen molar-refractivity contribution in [3.8, 4) is 0 Å². The van der Waals surface area contributed by atoms with Gasteiger partial charge in [0.1, 0.15) is 0 Å². The van der Waals surface area contributed by atoms with Gasteiger partial charge in [0.25, 0.3) is 0 Å². The predicted octanol–water partition coefficient (Wildman–Crippen LogP) is -2.28. The van der Waals surface area contributed by atoms with Gasteiger partial charge in [-0.3, -0.25) is 14.2 Å². The van der Waals surface area contributed by atoms with Crippen LogP contribution in [0.1, 0.15) is 0 Å². The number of aromatic amines is 1. The van der Waals surface area contributed by atoms with Gasteiger partial charge in [-0.15, -0.1) is 0 Å². The summed E-state index contributed by atoms with van der Waals surface area (Å²) in [6, 6.07) is 0. The van der Waals surface area contributed by atoms with Crippen LogP contribution < -0.4 is 11.1 Å². The minimum Gasteiger partial charge on any atom is -0.395 e. The Morgan fingerprint density at radius 3 is 3.00 bits per heavy atom. The molecular formula is C5H6N3O3. The molecule has 59 valence electrons. The summed E-state index contributed by atoms with van der Waals surface area (Å²) in [5.41, 5.74) is -1.56. The van der Waals surface area contributed by atoms with Crippen molar-refractivity contribution in [3.63, 3.8) is 0 Å². The number of nitrogens with zero attached hydrogens (tertiary/aromatic N) is 2. The molecule has 0 amide bonds. The van der Waals surface area contributed by atoms with Gasteiger partial charge in [-0.1, -0.05) is 0 Å². The lowest BCUT2D eigenvalue weighted by atomic mass is 10.6. The number of hydrogen-bond donors (Lipinski definition) is 2. The van der Waals surface area contributed by atoms with Crippen LogP contribution in [0.25, 0.3) is 0 Å². The first-order valence-electron chi connectivity index (χ1n) is 2.94. The third-order valence-corrected chi connectivity index (χ3v) is 1.09. The lowest BCUT2D eigenvalue weighted by molar-refractivity contribution is 0.272. The summed E-state index contributed by atoms with van der Waals surface area (Å²) < 4.78 is 0.916. The van der Waals surface area contributed by atoms with Crippen molar-refractivity contribution in [2.24, 2.45) is 0 Å². The summed E-state index contributed by atoms with van der Waals surface area (Å²) in [7, 11) is 0. The maximum Gasteiger partial charge on any atom is 0.330 e. The standard InChI is InChI=1S/C5H6N3O3/c9-2-1-8-3-6-7-4(10)5(8)11/h9H,1-2H2,(H,7,10). The Labute approximate surface area is 61.1 Å². The Hall–Kier alpha value is -1.43. The second-order valence-corrected chi connectivity index (χ2v) is 1.83. The molecule has 0 spiro atoms. The summed E-state index contributed by atoms with van der Waals surface area (Å²) in [5, 5.41) is 13.6. The van der Waals surface area contributed by atoms with Crippen molar-refractivity contribution in [2.45, 2.75) is 6.54 Å². The third-order valence-electron chi connectivity index (χ3n) is 1.09. The highest BCUT2D eigenvalue weighted by molar-refractivity contribution is 4.72.